The van der Waals surface area contributed by atoms with Gasteiger partial charge in [0.25, 0.3) is 0 Å². The number of fused-ring (bicyclic) bond motifs is 1. The first-order valence-corrected chi connectivity index (χ1v) is 9.00. The molecule has 0 aliphatic carbocycles. The monoisotopic (exact) mass is 327 g/mol. The molecule has 1 aliphatic heterocycles. The number of nitrogens with zero attached hydrogens (tertiary/aromatic N) is 3. The maximum absolute atomic E-state index is 5.74. The highest BCUT2D eigenvalue weighted by molar-refractivity contribution is 5.93. The molecule has 2 aromatic rings. The Morgan fingerprint density at radius 2 is 2.04 bits per heavy atom. The summed E-state index contributed by atoms with van der Waals surface area (Å²) in [6.45, 7) is 4.49. The zero-order valence-electron chi connectivity index (χ0n) is 15.4. The van der Waals surface area contributed by atoms with E-state index < -0.39 is 0 Å². The van der Waals surface area contributed by atoms with Gasteiger partial charge in [-0.3, -0.25) is 0 Å². The van der Waals surface area contributed by atoms with Crippen molar-refractivity contribution >= 4 is 22.7 Å². The minimum Gasteiger partial charge on any atom is -0.377 e. The molecule has 4 nitrogen and oxygen atoms in total. The van der Waals surface area contributed by atoms with Gasteiger partial charge in [-0.2, -0.15) is 0 Å². The van der Waals surface area contributed by atoms with E-state index in [2.05, 4.69) is 60.4 Å². The first-order chi connectivity index (χ1) is 11.6. The van der Waals surface area contributed by atoms with Gasteiger partial charge >= 0.3 is 0 Å². The highest BCUT2D eigenvalue weighted by Crippen LogP contribution is 2.32. The van der Waals surface area contributed by atoms with Crippen LogP contribution in [0.5, 0.6) is 0 Å². The Labute approximate surface area is 145 Å². The molecule has 1 aliphatic rings. The molecule has 1 fully saturated rings. The zero-order chi connectivity index (χ0) is 17.1. The molecule has 0 saturated carbocycles. The number of allylic oxidation sites excluding steroid dienone is 1. The van der Waals surface area contributed by atoms with E-state index in [1.54, 1.807) is 0 Å². The van der Waals surface area contributed by atoms with Crippen LogP contribution in [0.25, 0.3) is 17.0 Å². The Balaban J connectivity index is 1.81. The van der Waals surface area contributed by atoms with Gasteiger partial charge in [-0.15, -0.1) is 0 Å². The Kier molecular flexibility index (Phi) is 5.24. The van der Waals surface area contributed by atoms with Crippen molar-refractivity contribution in [2.75, 3.05) is 39.1 Å². The summed E-state index contributed by atoms with van der Waals surface area (Å²) in [6, 6.07) is 4.34. The van der Waals surface area contributed by atoms with Crippen molar-refractivity contribution in [3.63, 3.8) is 0 Å². The molecular formula is C20H29N3O. The molecule has 1 aromatic carbocycles. The van der Waals surface area contributed by atoms with Crippen LogP contribution in [0.4, 0.5) is 5.69 Å². The van der Waals surface area contributed by atoms with Crippen molar-refractivity contribution in [2.24, 2.45) is 5.92 Å². The number of aryl methyl sites for hydroxylation is 1. The molecule has 0 bridgehead atoms. The molecule has 2 heterocycles. The van der Waals surface area contributed by atoms with Crippen LogP contribution < -0.4 is 4.90 Å². The lowest BCUT2D eigenvalue weighted by Crippen LogP contribution is -2.30. The minimum absolute atomic E-state index is 0.823. The van der Waals surface area contributed by atoms with Gasteiger partial charge in [0.05, 0.1) is 5.69 Å². The van der Waals surface area contributed by atoms with Crippen molar-refractivity contribution in [3.05, 3.63) is 29.5 Å². The summed E-state index contributed by atoms with van der Waals surface area (Å²) in [6.07, 6.45) is 9.01. The molecule has 0 radical (unpaired) electrons. The highest BCUT2D eigenvalue weighted by atomic mass is 16.5. The summed E-state index contributed by atoms with van der Waals surface area (Å²) in [4.78, 5) is 4.55. The first kappa shape index (κ1) is 17.0. The topological polar surface area (TPSA) is 32.5 Å². The minimum atomic E-state index is 0.823. The molecule has 1 saturated heterocycles. The van der Waals surface area contributed by atoms with Gasteiger partial charge < -0.3 is 14.3 Å². The fourth-order valence-electron chi connectivity index (χ4n) is 3.65. The molecule has 0 spiro atoms. The van der Waals surface area contributed by atoms with E-state index in [1.807, 2.05) is 6.92 Å². The molecule has 0 N–H and O–H groups in total. The van der Waals surface area contributed by atoms with Gasteiger partial charge in [0.1, 0.15) is 0 Å². The maximum atomic E-state index is 5.74. The van der Waals surface area contributed by atoms with E-state index >= 15 is 0 Å². The second-order valence-electron chi connectivity index (χ2n) is 7.18. The second-order valence-corrected chi connectivity index (χ2v) is 7.18. The van der Waals surface area contributed by atoms with Crippen LogP contribution >= 0.6 is 0 Å². The van der Waals surface area contributed by atoms with Crippen LogP contribution in [0.3, 0.4) is 0 Å². The standard InChI is InChI=1S/C20H29N3O/c1-5-6-17-19(22(2)3)10-8-16-18(21-24-20(16)17)9-7-15-11-13-23(4)14-12-15/h5-6,8,10,15H,7,9,11-14H2,1-4H3/b6-5+. The fourth-order valence-corrected chi connectivity index (χ4v) is 3.65. The summed E-state index contributed by atoms with van der Waals surface area (Å²) in [5.74, 6) is 0.823. The van der Waals surface area contributed by atoms with E-state index in [-0.39, 0.29) is 0 Å². The van der Waals surface area contributed by atoms with Gasteiger partial charge in [0.15, 0.2) is 5.58 Å². The largest absolute Gasteiger partial charge is 0.377 e. The number of hydrogen-bond donors (Lipinski definition) is 0. The molecular weight excluding hydrogens is 298 g/mol. The summed E-state index contributed by atoms with van der Waals surface area (Å²) < 4.78 is 5.74. The molecule has 4 heteroatoms. The molecule has 24 heavy (non-hydrogen) atoms. The van der Waals surface area contributed by atoms with Crippen molar-refractivity contribution in [3.8, 4) is 0 Å². The average Bonchev–Trinajstić information content (AvgIpc) is 2.98. The van der Waals surface area contributed by atoms with Gasteiger partial charge in [-0.1, -0.05) is 17.3 Å². The third-order valence-corrected chi connectivity index (χ3v) is 5.17. The fraction of sp³-hybridized carbons (Fsp3) is 0.550. The van der Waals surface area contributed by atoms with E-state index in [0.29, 0.717) is 0 Å². The lowest BCUT2D eigenvalue weighted by molar-refractivity contribution is 0.212. The van der Waals surface area contributed by atoms with Gasteiger partial charge in [-0.05, 0) is 70.8 Å². The predicted octanol–water partition coefficient (Wildman–Crippen LogP) is 4.20. The Bertz CT molecular complexity index is 709. The smallest absolute Gasteiger partial charge is 0.176 e. The van der Waals surface area contributed by atoms with Crippen molar-refractivity contribution in [1.29, 1.82) is 0 Å². The van der Waals surface area contributed by atoms with E-state index in [9.17, 15) is 0 Å². The predicted molar refractivity (Wildman–Crippen MR) is 102 cm³/mol. The highest BCUT2D eigenvalue weighted by Gasteiger charge is 2.19. The number of piperidine rings is 1. The molecule has 0 amide bonds. The van der Waals surface area contributed by atoms with Crippen molar-refractivity contribution < 1.29 is 4.52 Å². The van der Waals surface area contributed by atoms with Gasteiger partial charge in [-0.25, -0.2) is 0 Å². The quantitative estimate of drug-likeness (QED) is 0.824. The van der Waals surface area contributed by atoms with Gasteiger partial charge in [0, 0.05) is 30.7 Å². The number of anilines is 1. The summed E-state index contributed by atoms with van der Waals surface area (Å²) in [7, 11) is 6.34. The van der Waals surface area contributed by atoms with E-state index in [0.717, 1.165) is 29.2 Å². The summed E-state index contributed by atoms with van der Waals surface area (Å²) in [5, 5.41) is 5.57. The summed E-state index contributed by atoms with van der Waals surface area (Å²) >= 11 is 0. The van der Waals surface area contributed by atoms with Crippen LogP contribution in [0.2, 0.25) is 0 Å². The third kappa shape index (κ3) is 3.48. The van der Waals surface area contributed by atoms with E-state index in [4.69, 9.17) is 4.52 Å². The van der Waals surface area contributed by atoms with Crippen LogP contribution in [-0.4, -0.2) is 44.3 Å². The maximum Gasteiger partial charge on any atom is 0.176 e. The number of hydrogen-bond acceptors (Lipinski definition) is 4. The number of benzene rings is 1. The zero-order valence-corrected chi connectivity index (χ0v) is 15.4. The van der Waals surface area contributed by atoms with Crippen LogP contribution in [0.1, 0.15) is 37.4 Å². The lowest BCUT2D eigenvalue weighted by atomic mass is 9.91. The SMILES string of the molecule is C/C=C/c1c(N(C)C)ccc2c(CCC3CCN(C)CC3)noc12. The Morgan fingerprint density at radius 1 is 1.29 bits per heavy atom. The second kappa shape index (κ2) is 7.39. The number of aromatic nitrogens is 1. The molecule has 3 rings (SSSR count). The van der Waals surface area contributed by atoms with Crippen molar-refractivity contribution in [1.82, 2.24) is 10.1 Å². The van der Waals surface area contributed by atoms with Gasteiger partial charge in [0.2, 0.25) is 0 Å². The van der Waals surface area contributed by atoms with Crippen LogP contribution in [0.15, 0.2) is 22.7 Å². The number of likely N-dealkylation sites (tertiary alicyclic amines) is 1. The van der Waals surface area contributed by atoms with Crippen LogP contribution in [-0.2, 0) is 6.42 Å². The van der Waals surface area contributed by atoms with E-state index in [1.165, 1.54) is 43.4 Å². The first-order valence-electron chi connectivity index (χ1n) is 9.00. The van der Waals surface area contributed by atoms with Crippen LogP contribution in [0, 0.1) is 5.92 Å². The molecule has 130 valence electrons. The molecule has 0 unspecified atom stereocenters. The Morgan fingerprint density at radius 3 is 2.71 bits per heavy atom. The number of rotatable bonds is 5. The molecule has 0 atom stereocenters. The normalized spacial score (nSPS) is 17.2. The third-order valence-electron chi connectivity index (χ3n) is 5.17. The van der Waals surface area contributed by atoms with Crippen molar-refractivity contribution in [2.45, 2.75) is 32.6 Å². The lowest BCUT2D eigenvalue weighted by Gasteiger charge is -2.28. The summed E-state index contributed by atoms with van der Waals surface area (Å²) in [5.41, 5.74) is 4.31. The molecule has 1 aromatic heterocycles. The average molecular weight is 327 g/mol. The Hall–Kier alpha value is -1.81.